The molecule has 176 valence electrons. The van der Waals surface area contributed by atoms with Crippen LogP contribution in [0, 0.1) is 40.4 Å². The van der Waals surface area contributed by atoms with Gasteiger partial charge in [0.2, 0.25) is 0 Å². The zero-order chi connectivity index (χ0) is 21.5. The molecule has 2 heterocycles. The second kappa shape index (κ2) is 7.13. The van der Waals surface area contributed by atoms with Crippen LogP contribution in [0.1, 0.15) is 65.2 Å². The van der Waals surface area contributed by atoms with Gasteiger partial charge in [0.15, 0.2) is 11.6 Å². The summed E-state index contributed by atoms with van der Waals surface area (Å²) >= 11 is 0. The molecular weight excluding hydrogens is 396 g/mol. The predicted octanol–water partition coefficient (Wildman–Crippen LogP) is 3.09. The Morgan fingerprint density at radius 3 is 2.26 bits per heavy atom. The van der Waals surface area contributed by atoms with Crippen LogP contribution in [0.2, 0.25) is 0 Å². The van der Waals surface area contributed by atoms with Gasteiger partial charge in [-0.3, -0.25) is 0 Å². The van der Waals surface area contributed by atoms with Crippen molar-refractivity contribution in [2.75, 3.05) is 33.0 Å². The second-order valence-corrected chi connectivity index (χ2v) is 11.9. The van der Waals surface area contributed by atoms with E-state index in [0.29, 0.717) is 56.5 Å². The Balaban J connectivity index is 1.30. The third-order valence-electron chi connectivity index (χ3n) is 10.9. The molecule has 6 heteroatoms. The van der Waals surface area contributed by atoms with Crippen LogP contribution >= 0.6 is 0 Å². The molecule has 2 aliphatic heterocycles. The smallest absolute Gasteiger partial charge is 0.169 e. The van der Waals surface area contributed by atoms with Crippen molar-refractivity contribution in [3.63, 3.8) is 0 Å². The molecule has 0 aromatic rings. The van der Waals surface area contributed by atoms with Crippen molar-refractivity contribution in [2.45, 2.75) is 82.9 Å². The number of aliphatic hydroxyl groups is 2. The van der Waals surface area contributed by atoms with E-state index in [0.717, 1.165) is 38.5 Å². The number of hydrogen-bond donors (Lipinski definition) is 2. The van der Waals surface area contributed by atoms with Gasteiger partial charge in [0.05, 0.1) is 32.5 Å². The fourth-order valence-corrected chi connectivity index (χ4v) is 9.68. The van der Waals surface area contributed by atoms with E-state index in [-0.39, 0.29) is 35.2 Å². The summed E-state index contributed by atoms with van der Waals surface area (Å²) in [5.41, 5.74) is -0.177. The zero-order valence-electron chi connectivity index (χ0n) is 19.2. The van der Waals surface area contributed by atoms with Gasteiger partial charge in [-0.15, -0.1) is 0 Å². The molecule has 2 saturated heterocycles. The number of ether oxygens (including phenoxy) is 4. The molecule has 2 N–H and O–H groups in total. The topological polar surface area (TPSA) is 77.4 Å². The summed E-state index contributed by atoms with van der Waals surface area (Å²) in [6.45, 7) is 7.29. The summed E-state index contributed by atoms with van der Waals surface area (Å²) in [4.78, 5) is 0. The Morgan fingerprint density at radius 2 is 1.55 bits per heavy atom. The van der Waals surface area contributed by atoms with Crippen LogP contribution in [0.4, 0.5) is 0 Å². The molecule has 1 spiro atoms. The molecule has 0 aromatic carbocycles. The van der Waals surface area contributed by atoms with Crippen molar-refractivity contribution in [1.82, 2.24) is 0 Å². The maximum atomic E-state index is 11.7. The van der Waals surface area contributed by atoms with E-state index >= 15 is 0 Å². The molecule has 0 radical (unpaired) electrons. The number of rotatable bonds is 2. The first-order valence-electron chi connectivity index (χ1n) is 12.7. The van der Waals surface area contributed by atoms with Gasteiger partial charge >= 0.3 is 0 Å². The quantitative estimate of drug-likeness (QED) is 0.693. The van der Waals surface area contributed by atoms with Crippen molar-refractivity contribution in [1.29, 1.82) is 0 Å². The maximum Gasteiger partial charge on any atom is 0.169 e. The average Bonchev–Trinajstić information content (AvgIpc) is 3.48. The van der Waals surface area contributed by atoms with Crippen LogP contribution < -0.4 is 0 Å². The molecule has 0 bridgehead atoms. The van der Waals surface area contributed by atoms with Crippen LogP contribution in [0.15, 0.2) is 0 Å². The highest BCUT2D eigenvalue weighted by molar-refractivity contribution is 5.15. The van der Waals surface area contributed by atoms with Crippen LogP contribution in [0.3, 0.4) is 0 Å². The van der Waals surface area contributed by atoms with Gasteiger partial charge in [-0.1, -0.05) is 6.92 Å². The third-order valence-corrected chi connectivity index (χ3v) is 10.9. The highest BCUT2D eigenvalue weighted by Gasteiger charge is 2.68. The van der Waals surface area contributed by atoms with Crippen molar-refractivity contribution in [3.8, 4) is 0 Å². The lowest BCUT2D eigenvalue weighted by Crippen LogP contribution is -2.62. The molecular formula is C25H40O6. The van der Waals surface area contributed by atoms with Crippen LogP contribution in [-0.4, -0.2) is 60.9 Å². The van der Waals surface area contributed by atoms with E-state index < -0.39 is 5.79 Å². The van der Waals surface area contributed by atoms with Crippen LogP contribution in [0.25, 0.3) is 0 Å². The van der Waals surface area contributed by atoms with Gasteiger partial charge in [-0.05, 0) is 74.5 Å². The lowest BCUT2D eigenvalue weighted by atomic mass is 9.43. The summed E-state index contributed by atoms with van der Waals surface area (Å²) < 4.78 is 24.3. The Bertz CT molecular complexity index is 700. The lowest BCUT2D eigenvalue weighted by molar-refractivity contribution is -0.260. The molecule has 6 rings (SSSR count). The van der Waals surface area contributed by atoms with Gasteiger partial charge in [0.1, 0.15) is 0 Å². The highest BCUT2D eigenvalue weighted by Crippen LogP contribution is 2.69. The minimum absolute atomic E-state index is 0.118. The van der Waals surface area contributed by atoms with Gasteiger partial charge in [0.25, 0.3) is 0 Å². The summed E-state index contributed by atoms with van der Waals surface area (Å²) in [5, 5.41) is 22.5. The molecule has 8 atom stereocenters. The summed E-state index contributed by atoms with van der Waals surface area (Å²) in [6, 6.07) is 0. The maximum absolute atomic E-state index is 11.7. The number of hydrogen-bond acceptors (Lipinski definition) is 6. The largest absolute Gasteiger partial charge is 0.396 e. The summed E-state index contributed by atoms with van der Waals surface area (Å²) in [7, 11) is 0. The van der Waals surface area contributed by atoms with E-state index in [1.807, 2.05) is 0 Å². The average molecular weight is 437 g/mol. The Morgan fingerprint density at radius 1 is 0.839 bits per heavy atom. The summed E-state index contributed by atoms with van der Waals surface area (Å²) in [5.74, 6) is 0.892. The van der Waals surface area contributed by atoms with E-state index in [1.54, 1.807) is 0 Å². The summed E-state index contributed by atoms with van der Waals surface area (Å²) in [6.07, 6.45) is 7.69. The zero-order valence-corrected chi connectivity index (χ0v) is 19.2. The van der Waals surface area contributed by atoms with E-state index in [2.05, 4.69) is 13.8 Å². The molecule has 0 unspecified atom stereocenters. The molecule has 4 saturated carbocycles. The fraction of sp³-hybridized carbons (Fsp3) is 1.00. The molecule has 31 heavy (non-hydrogen) atoms. The SMILES string of the molecule is CC1([C@@H]2CC[C@@H]3[C@H]4CC[C@H]5CC6(CC[C@]5(C)[C@@H]4[C@@H](O)C[C@@]32CO)OCCO6)OCCO1. The number of fused-ring (bicyclic) bond motifs is 5. The number of aliphatic hydroxyl groups excluding tert-OH is 2. The Labute approximate surface area is 186 Å². The van der Waals surface area contributed by atoms with Gasteiger partial charge in [-0.2, -0.15) is 0 Å². The third kappa shape index (κ3) is 2.85. The molecule has 6 fully saturated rings. The van der Waals surface area contributed by atoms with Crippen molar-refractivity contribution in [3.05, 3.63) is 0 Å². The van der Waals surface area contributed by atoms with E-state index in [4.69, 9.17) is 18.9 Å². The molecule has 6 aliphatic rings. The van der Waals surface area contributed by atoms with Crippen molar-refractivity contribution >= 4 is 0 Å². The fourth-order valence-electron chi connectivity index (χ4n) is 9.68. The Kier molecular flexibility index (Phi) is 4.90. The first-order valence-corrected chi connectivity index (χ1v) is 12.7. The first kappa shape index (κ1) is 21.3. The van der Waals surface area contributed by atoms with Crippen LogP contribution in [-0.2, 0) is 18.9 Å². The highest BCUT2D eigenvalue weighted by atomic mass is 16.7. The van der Waals surface area contributed by atoms with Gasteiger partial charge in [0, 0.05) is 30.8 Å². The predicted molar refractivity (Wildman–Crippen MR) is 113 cm³/mol. The van der Waals surface area contributed by atoms with E-state index in [9.17, 15) is 10.2 Å². The molecule has 4 aliphatic carbocycles. The lowest BCUT2D eigenvalue weighted by Gasteiger charge is -2.63. The molecule has 0 amide bonds. The first-order chi connectivity index (χ1) is 14.9. The molecule has 6 nitrogen and oxygen atoms in total. The van der Waals surface area contributed by atoms with Gasteiger partial charge in [-0.25, -0.2) is 0 Å². The van der Waals surface area contributed by atoms with Crippen molar-refractivity contribution in [2.24, 2.45) is 40.4 Å². The van der Waals surface area contributed by atoms with Gasteiger partial charge < -0.3 is 29.2 Å². The van der Waals surface area contributed by atoms with Crippen molar-refractivity contribution < 1.29 is 29.2 Å². The standard InChI is InChI=1S/C25H40O6/c1-22-7-8-25(30-11-12-31-25)13-16(22)3-4-17-18-5-6-20(23(2)28-9-10-29-23)24(18,15-26)14-19(27)21(17)22/h16-21,26-27H,3-15H2,1-2H3/t16-,17+,18+,19-,20-,21-,22-,24+/m0/s1. The Hall–Kier alpha value is -0.240. The minimum atomic E-state index is -0.625. The second-order valence-electron chi connectivity index (χ2n) is 11.9. The monoisotopic (exact) mass is 436 g/mol. The molecule has 0 aromatic heterocycles. The van der Waals surface area contributed by atoms with E-state index in [1.165, 1.54) is 6.42 Å². The normalized spacial score (nSPS) is 52.6. The minimum Gasteiger partial charge on any atom is -0.396 e. The van der Waals surface area contributed by atoms with Crippen LogP contribution in [0.5, 0.6) is 0 Å².